The second kappa shape index (κ2) is 11.7. The molecular formula is C35H27Cl2F3N4O5. The molecule has 0 bridgehead atoms. The third-order valence-corrected chi connectivity index (χ3v) is 10.8. The van der Waals surface area contributed by atoms with Gasteiger partial charge in [-0.05, 0) is 54.5 Å². The van der Waals surface area contributed by atoms with Crippen LogP contribution in [0.15, 0.2) is 79.0 Å². The van der Waals surface area contributed by atoms with E-state index in [-0.39, 0.29) is 30.8 Å². The molecule has 4 amide bonds. The molecule has 49 heavy (non-hydrogen) atoms. The number of nitrogens with zero attached hydrogens (tertiary/aromatic N) is 2. The number of phenolic OH excluding ortho intramolecular Hbond substituents is 1. The van der Waals surface area contributed by atoms with Gasteiger partial charge in [-0.3, -0.25) is 29.9 Å². The minimum absolute atomic E-state index is 0.0309. The molecule has 0 spiro atoms. The lowest BCUT2D eigenvalue weighted by Crippen LogP contribution is -2.53. The van der Waals surface area contributed by atoms with Crippen molar-refractivity contribution in [1.29, 1.82) is 0 Å². The molecule has 6 unspecified atom stereocenters. The third-order valence-electron chi connectivity index (χ3n) is 10.2. The van der Waals surface area contributed by atoms with Gasteiger partial charge in [0, 0.05) is 22.7 Å². The van der Waals surface area contributed by atoms with Crippen molar-refractivity contribution >= 4 is 52.6 Å². The minimum atomic E-state index is -4.74. The van der Waals surface area contributed by atoms with Gasteiger partial charge in [-0.1, -0.05) is 71.3 Å². The van der Waals surface area contributed by atoms with Gasteiger partial charge in [0.1, 0.15) is 5.75 Å². The fourth-order valence-electron chi connectivity index (χ4n) is 8.20. The van der Waals surface area contributed by atoms with Gasteiger partial charge in [0.05, 0.1) is 33.8 Å². The van der Waals surface area contributed by atoms with Crippen LogP contribution < -0.4 is 10.7 Å². The van der Waals surface area contributed by atoms with E-state index in [2.05, 4.69) is 22.3 Å². The third kappa shape index (κ3) is 4.94. The van der Waals surface area contributed by atoms with Crippen molar-refractivity contribution in [3.8, 4) is 5.75 Å². The van der Waals surface area contributed by atoms with Crippen LogP contribution in [-0.2, 0) is 37.2 Å². The van der Waals surface area contributed by atoms with E-state index in [1.54, 1.807) is 48.5 Å². The molecule has 3 heterocycles. The van der Waals surface area contributed by atoms with Crippen LogP contribution in [0.25, 0.3) is 0 Å². The maximum absolute atomic E-state index is 15.1. The summed E-state index contributed by atoms with van der Waals surface area (Å²) in [6.45, 7) is 3.77. The van der Waals surface area contributed by atoms with E-state index in [1.807, 2.05) is 6.08 Å². The van der Waals surface area contributed by atoms with Crippen LogP contribution >= 0.6 is 23.2 Å². The number of anilines is 1. The number of alkyl halides is 3. The number of hydrogen-bond donors (Lipinski definition) is 3. The number of hydrazine groups is 1. The number of carbonyl (C=O) groups is 4. The second-order valence-corrected chi connectivity index (χ2v) is 13.5. The molecule has 4 aliphatic rings. The zero-order valence-electron chi connectivity index (χ0n) is 25.4. The van der Waals surface area contributed by atoms with Crippen molar-refractivity contribution in [2.45, 2.75) is 36.8 Å². The first kappa shape index (κ1) is 32.8. The van der Waals surface area contributed by atoms with E-state index >= 15 is 4.79 Å². The highest BCUT2D eigenvalue weighted by molar-refractivity contribution is 6.33. The fraction of sp³-hybridized carbons (Fsp3) is 0.286. The van der Waals surface area contributed by atoms with Gasteiger partial charge in [-0.2, -0.15) is 18.2 Å². The maximum Gasteiger partial charge on any atom is 0.417 e. The van der Waals surface area contributed by atoms with Crippen molar-refractivity contribution in [2.24, 2.45) is 23.7 Å². The standard InChI is InChI=1S/C35H27Cl2F3N4O5/c1-2-4-16-5-3-6-22(28(16)45)27-20-11-12-21-26(31(47)42-30(21)46)23(20)14-24-32(48)44(33(49)34(24,27)17-7-9-19(36)10-8-17)43-29-25(37)13-18(15-41-29)35(38,39)40/h2-3,5-11,13,15,21,23-24,26-27,45H,1,4,12,14H2,(H,41,43)(H,42,46,47). The Morgan fingerprint density at radius 2 is 1.82 bits per heavy atom. The first-order valence-electron chi connectivity index (χ1n) is 15.4. The average molecular weight is 712 g/mol. The maximum atomic E-state index is 15.1. The van der Waals surface area contributed by atoms with E-state index in [0.29, 0.717) is 44.6 Å². The summed E-state index contributed by atoms with van der Waals surface area (Å²) >= 11 is 12.5. The van der Waals surface area contributed by atoms with E-state index < -0.39 is 75.4 Å². The summed E-state index contributed by atoms with van der Waals surface area (Å²) in [6, 6.07) is 12.1. The smallest absolute Gasteiger partial charge is 0.417 e. The number of halogens is 5. The number of aromatic nitrogens is 1. The molecule has 6 atom stereocenters. The van der Waals surface area contributed by atoms with Gasteiger partial charge in [-0.25, -0.2) is 4.98 Å². The molecule has 2 aliphatic carbocycles. The summed E-state index contributed by atoms with van der Waals surface area (Å²) in [5.41, 5.74) is 1.50. The normalized spacial score (nSPS) is 27.7. The van der Waals surface area contributed by atoms with Crippen LogP contribution in [0.1, 0.15) is 41.0 Å². The second-order valence-electron chi connectivity index (χ2n) is 12.6. The summed E-state index contributed by atoms with van der Waals surface area (Å²) in [7, 11) is 0. The molecule has 3 N–H and O–H groups in total. The molecule has 7 rings (SSSR count). The van der Waals surface area contributed by atoms with Crippen molar-refractivity contribution in [3.05, 3.63) is 111 Å². The van der Waals surface area contributed by atoms with E-state index in [9.17, 15) is 32.7 Å². The quantitative estimate of drug-likeness (QED) is 0.208. The highest BCUT2D eigenvalue weighted by Crippen LogP contribution is 2.64. The molecule has 252 valence electrons. The van der Waals surface area contributed by atoms with Gasteiger partial charge in [-0.15, -0.1) is 6.58 Å². The van der Waals surface area contributed by atoms with Crippen LogP contribution in [0, 0.1) is 23.7 Å². The topological polar surface area (TPSA) is 129 Å². The fourth-order valence-corrected chi connectivity index (χ4v) is 8.54. The lowest BCUT2D eigenvalue weighted by molar-refractivity contribution is -0.139. The van der Waals surface area contributed by atoms with Gasteiger partial charge in [0.15, 0.2) is 5.82 Å². The van der Waals surface area contributed by atoms with Crippen LogP contribution in [-0.4, -0.2) is 38.7 Å². The number of imide groups is 2. The molecule has 1 aromatic heterocycles. The number of para-hydroxylation sites is 1. The highest BCUT2D eigenvalue weighted by atomic mass is 35.5. The van der Waals surface area contributed by atoms with Crippen LogP contribution in [0.5, 0.6) is 5.75 Å². The largest absolute Gasteiger partial charge is 0.507 e. The predicted octanol–water partition coefficient (Wildman–Crippen LogP) is 6.11. The summed E-state index contributed by atoms with van der Waals surface area (Å²) in [6.07, 6.45) is -0.340. The van der Waals surface area contributed by atoms with Crippen LogP contribution in [0.3, 0.4) is 0 Å². The number of aromatic hydroxyl groups is 1. The summed E-state index contributed by atoms with van der Waals surface area (Å²) in [4.78, 5) is 59.6. The molecule has 2 saturated heterocycles. The molecular weight excluding hydrogens is 684 g/mol. The lowest BCUT2D eigenvalue weighted by atomic mass is 9.49. The molecule has 3 fully saturated rings. The van der Waals surface area contributed by atoms with E-state index in [4.69, 9.17) is 23.2 Å². The Morgan fingerprint density at radius 3 is 2.49 bits per heavy atom. The number of pyridine rings is 1. The number of phenols is 1. The Kier molecular flexibility index (Phi) is 7.86. The Labute approximate surface area is 287 Å². The highest BCUT2D eigenvalue weighted by Gasteiger charge is 2.70. The van der Waals surface area contributed by atoms with Gasteiger partial charge in [0.2, 0.25) is 11.8 Å². The van der Waals surface area contributed by atoms with Gasteiger partial charge < -0.3 is 5.11 Å². The van der Waals surface area contributed by atoms with Crippen molar-refractivity contribution in [3.63, 3.8) is 0 Å². The molecule has 14 heteroatoms. The first-order chi connectivity index (χ1) is 23.3. The van der Waals surface area contributed by atoms with Crippen LogP contribution in [0.2, 0.25) is 10.0 Å². The number of amides is 4. The Hall–Kier alpha value is -4.68. The average Bonchev–Trinajstić information content (AvgIpc) is 3.47. The van der Waals surface area contributed by atoms with E-state index in [1.165, 1.54) is 0 Å². The summed E-state index contributed by atoms with van der Waals surface area (Å²) in [5.74, 6) is -7.34. The zero-order chi connectivity index (χ0) is 35.0. The number of carbonyl (C=O) groups excluding carboxylic acids is 4. The Balaban J connectivity index is 1.46. The molecule has 2 aromatic carbocycles. The summed E-state index contributed by atoms with van der Waals surface area (Å²) in [5, 5.41) is 14.8. The molecule has 9 nitrogen and oxygen atoms in total. The van der Waals surface area contributed by atoms with Gasteiger partial charge in [0.25, 0.3) is 11.8 Å². The monoisotopic (exact) mass is 710 g/mol. The van der Waals surface area contributed by atoms with E-state index in [0.717, 1.165) is 0 Å². The van der Waals surface area contributed by atoms with Crippen molar-refractivity contribution in [1.82, 2.24) is 15.3 Å². The minimum Gasteiger partial charge on any atom is -0.507 e. The van der Waals surface area contributed by atoms with Crippen LogP contribution in [0.4, 0.5) is 19.0 Å². The SMILES string of the molecule is C=CCc1cccc(C2C3=CCC4C(=O)NC(=O)C4C3CC3C(=O)N(Nc4ncc(C(F)(F)F)cc4Cl)C(=O)C32c2ccc(Cl)cc2)c1O. The Bertz CT molecular complexity index is 1980. The molecule has 3 aromatic rings. The predicted molar refractivity (Wildman–Crippen MR) is 172 cm³/mol. The zero-order valence-corrected chi connectivity index (χ0v) is 26.9. The number of rotatable bonds is 6. The molecule has 1 saturated carbocycles. The number of nitrogens with one attached hydrogen (secondary N) is 2. The Morgan fingerprint density at radius 1 is 1.08 bits per heavy atom. The number of fused-ring (bicyclic) bond motifs is 4. The molecule has 2 aliphatic heterocycles. The van der Waals surface area contributed by atoms with Crippen molar-refractivity contribution < 1.29 is 37.5 Å². The number of benzene rings is 2. The first-order valence-corrected chi connectivity index (χ1v) is 16.1. The number of allylic oxidation sites excluding steroid dienone is 3. The van der Waals surface area contributed by atoms with Gasteiger partial charge >= 0.3 is 6.18 Å². The molecule has 0 radical (unpaired) electrons. The van der Waals surface area contributed by atoms with Crippen molar-refractivity contribution in [2.75, 3.05) is 5.43 Å². The lowest BCUT2D eigenvalue weighted by Gasteiger charge is -2.50. The summed E-state index contributed by atoms with van der Waals surface area (Å²) < 4.78 is 40.1. The number of hydrogen-bond acceptors (Lipinski definition) is 7.